The van der Waals surface area contributed by atoms with Crippen molar-refractivity contribution >= 4 is 17.0 Å². The van der Waals surface area contributed by atoms with Gasteiger partial charge in [0.15, 0.2) is 5.96 Å². The second-order valence-corrected chi connectivity index (χ2v) is 6.01. The first-order chi connectivity index (χ1) is 10.6. The SMILES string of the molecule is CC1CCN(C(N)=NCCn2c(=O)[nH]c3ccccc32)CC1. The molecule has 0 atom stereocenters. The van der Waals surface area contributed by atoms with Crippen molar-refractivity contribution in [3.8, 4) is 0 Å². The molecule has 2 heterocycles. The largest absolute Gasteiger partial charge is 0.370 e. The standard InChI is InChI=1S/C16H23N5O/c1-12-6-9-20(10-7-12)15(17)18-8-11-21-14-5-3-2-4-13(14)19-16(21)22/h2-5,12H,6-11H2,1H3,(H2,17,18)(H,19,22). The minimum atomic E-state index is -0.0956. The fraction of sp³-hybridized carbons (Fsp3) is 0.500. The fourth-order valence-electron chi connectivity index (χ4n) is 2.93. The Morgan fingerprint density at radius 3 is 2.86 bits per heavy atom. The number of likely N-dealkylation sites (tertiary alicyclic amines) is 1. The Labute approximate surface area is 129 Å². The number of guanidine groups is 1. The molecule has 1 aliphatic rings. The third-order valence-electron chi connectivity index (χ3n) is 4.39. The monoisotopic (exact) mass is 301 g/mol. The molecule has 1 aromatic heterocycles. The van der Waals surface area contributed by atoms with E-state index < -0.39 is 0 Å². The summed E-state index contributed by atoms with van der Waals surface area (Å²) in [6, 6.07) is 7.68. The van der Waals surface area contributed by atoms with Gasteiger partial charge < -0.3 is 15.6 Å². The quantitative estimate of drug-likeness (QED) is 0.664. The number of nitrogens with zero attached hydrogens (tertiary/aromatic N) is 3. The molecule has 6 heteroatoms. The molecule has 0 amide bonds. The summed E-state index contributed by atoms with van der Waals surface area (Å²) in [5.41, 5.74) is 7.74. The molecule has 1 fully saturated rings. The molecule has 22 heavy (non-hydrogen) atoms. The van der Waals surface area contributed by atoms with Gasteiger partial charge in [-0.2, -0.15) is 0 Å². The number of benzene rings is 1. The van der Waals surface area contributed by atoms with Gasteiger partial charge in [0, 0.05) is 19.6 Å². The number of piperidine rings is 1. The summed E-state index contributed by atoms with van der Waals surface area (Å²) in [6.45, 7) is 5.27. The number of H-pyrrole nitrogens is 1. The second-order valence-electron chi connectivity index (χ2n) is 6.01. The maximum Gasteiger partial charge on any atom is 0.326 e. The summed E-state index contributed by atoms with van der Waals surface area (Å²) >= 11 is 0. The van der Waals surface area contributed by atoms with E-state index in [2.05, 4.69) is 21.8 Å². The molecule has 118 valence electrons. The van der Waals surface area contributed by atoms with Gasteiger partial charge in [-0.25, -0.2) is 4.79 Å². The summed E-state index contributed by atoms with van der Waals surface area (Å²) in [5, 5.41) is 0. The van der Waals surface area contributed by atoms with Crippen molar-refractivity contribution in [1.82, 2.24) is 14.5 Å². The Balaban J connectivity index is 1.65. The lowest BCUT2D eigenvalue weighted by Gasteiger charge is -2.31. The number of nitrogens with two attached hydrogens (primary N) is 1. The molecule has 0 saturated carbocycles. The third-order valence-corrected chi connectivity index (χ3v) is 4.39. The number of aliphatic imine (C=N–C) groups is 1. The number of para-hydroxylation sites is 2. The normalized spacial score (nSPS) is 17.3. The van der Waals surface area contributed by atoms with Gasteiger partial charge in [-0.05, 0) is 30.9 Å². The molecule has 6 nitrogen and oxygen atoms in total. The molecule has 0 aliphatic carbocycles. The lowest BCUT2D eigenvalue weighted by atomic mass is 10.00. The van der Waals surface area contributed by atoms with Gasteiger partial charge in [0.05, 0.1) is 17.6 Å². The molecule has 0 bridgehead atoms. The first-order valence-corrected chi connectivity index (χ1v) is 7.87. The van der Waals surface area contributed by atoms with Crippen LogP contribution in [0.25, 0.3) is 11.0 Å². The predicted molar refractivity (Wildman–Crippen MR) is 89.0 cm³/mol. The zero-order valence-electron chi connectivity index (χ0n) is 13.0. The molecule has 0 radical (unpaired) electrons. The van der Waals surface area contributed by atoms with E-state index in [-0.39, 0.29) is 5.69 Å². The lowest BCUT2D eigenvalue weighted by molar-refractivity contribution is 0.277. The highest BCUT2D eigenvalue weighted by Crippen LogP contribution is 2.15. The van der Waals surface area contributed by atoms with E-state index in [1.165, 1.54) is 0 Å². The van der Waals surface area contributed by atoms with Gasteiger partial charge in [0.25, 0.3) is 0 Å². The second kappa shape index (κ2) is 6.25. The van der Waals surface area contributed by atoms with Crippen molar-refractivity contribution < 1.29 is 0 Å². The maximum absolute atomic E-state index is 12.0. The van der Waals surface area contributed by atoms with Crippen LogP contribution in [0.1, 0.15) is 19.8 Å². The van der Waals surface area contributed by atoms with E-state index in [4.69, 9.17) is 5.73 Å². The fourth-order valence-corrected chi connectivity index (χ4v) is 2.93. The maximum atomic E-state index is 12.0. The van der Waals surface area contributed by atoms with Gasteiger partial charge in [0.1, 0.15) is 0 Å². The van der Waals surface area contributed by atoms with E-state index in [0.29, 0.717) is 19.0 Å². The van der Waals surface area contributed by atoms with Crippen LogP contribution in [0.3, 0.4) is 0 Å². The van der Waals surface area contributed by atoms with Crippen LogP contribution in [0.2, 0.25) is 0 Å². The third kappa shape index (κ3) is 3.00. The van der Waals surface area contributed by atoms with Crippen molar-refractivity contribution in [3.05, 3.63) is 34.7 Å². The molecule has 2 aromatic rings. The molecular weight excluding hydrogens is 278 g/mol. The van der Waals surface area contributed by atoms with Crippen molar-refractivity contribution in [2.75, 3.05) is 19.6 Å². The van der Waals surface area contributed by atoms with Crippen molar-refractivity contribution in [2.45, 2.75) is 26.3 Å². The molecule has 1 aromatic carbocycles. The van der Waals surface area contributed by atoms with Gasteiger partial charge in [-0.3, -0.25) is 9.56 Å². The number of imidazole rings is 1. The van der Waals surface area contributed by atoms with E-state index in [1.54, 1.807) is 4.57 Å². The van der Waals surface area contributed by atoms with Crippen molar-refractivity contribution in [1.29, 1.82) is 0 Å². The summed E-state index contributed by atoms with van der Waals surface area (Å²) < 4.78 is 1.71. The Kier molecular flexibility index (Phi) is 4.18. The van der Waals surface area contributed by atoms with E-state index in [1.807, 2.05) is 24.3 Å². The first kappa shape index (κ1) is 14.7. The molecule has 0 unspecified atom stereocenters. The number of aromatic amines is 1. The van der Waals surface area contributed by atoms with Crippen molar-refractivity contribution in [2.24, 2.45) is 16.6 Å². The number of hydrogen-bond acceptors (Lipinski definition) is 2. The Morgan fingerprint density at radius 2 is 2.09 bits per heavy atom. The van der Waals surface area contributed by atoms with Crippen LogP contribution >= 0.6 is 0 Å². The number of fused-ring (bicyclic) bond motifs is 1. The molecule has 3 rings (SSSR count). The predicted octanol–water partition coefficient (Wildman–Crippen LogP) is 1.38. The first-order valence-electron chi connectivity index (χ1n) is 7.87. The number of aromatic nitrogens is 2. The number of nitrogens with one attached hydrogen (secondary N) is 1. The van der Waals surface area contributed by atoms with E-state index >= 15 is 0 Å². The zero-order chi connectivity index (χ0) is 15.5. The Hall–Kier alpha value is -2.24. The molecule has 1 saturated heterocycles. The minimum Gasteiger partial charge on any atom is -0.370 e. The van der Waals surface area contributed by atoms with Crippen LogP contribution in [0.5, 0.6) is 0 Å². The summed E-state index contributed by atoms with van der Waals surface area (Å²) in [7, 11) is 0. The van der Waals surface area contributed by atoms with Crippen molar-refractivity contribution in [3.63, 3.8) is 0 Å². The topological polar surface area (TPSA) is 79.4 Å². The van der Waals surface area contributed by atoms with Gasteiger partial charge >= 0.3 is 5.69 Å². The minimum absolute atomic E-state index is 0.0956. The van der Waals surface area contributed by atoms with E-state index in [9.17, 15) is 4.79 Å². The smallest absolute Gasteiger partial charge is 0.326 e. The summed E-state index contributed by atoms with van der Waals surface area (Å²) in [6.07, 6.45) is 2.33. The number of hydrogen-bond donors (Lipinski definition) is 2. The molecule has 1 aliphatic heterocycles. The number of rotatable bonds is 3. The van der Waals surface area contributed by atoms with Crippen LogP contribution in [0, 0.1) is 5.92 Å². The zero-order valence-corrected chi connectivity index (χ0v) is 13.0. The van der Waals surface area contributed by atoms with Crippen LogP contribution in [-0.2, 0) is 6.54 Å². The Morgan fingerprint density at radius 1 is 1.36 bits per heavy atom. The Bertz CT molecular complexity index is 721. The molecular formula is C16H23N5O. The highest BCUT2D eigenvalue weighted by Gasteiger charge is 2.16. The van der Waals surface area contributed by atoms with Crippen LogP contribution < -0.4 is 11.4 Å². The summed E-state index contributed by atoms with van der Waals surface area (Å²) in [4.78, 5) is 21.4. The molecule has 0 spiro atoms. The van der Waals surface area contributed by atoms with Crippen LogP contribution in [0.15, 0.2) is 34.1 Å². The van der Waals surface area contributed by atoms with E-state index in [0.717, 1.165) is 42.9 Å². The average Bonchev–Trinajstić information content (AvgIpc) is 2.84. The van der Waals surface area contributed by atoms with Gasteiger partial charge in [0.2, 0.25) is 0 Å². The highest BCUT2D eigenvalue weighted by molar-refractivity contribution is 5.78. The molecule has 3 N–H and O–H groups in total. The van der Waals surface area contributed by atoms with Gasteiger partial charge in [-0.15, -0.1) is 0 Å². The summed E-state index contributed by atoms with van der Waals surface area (Å²) in [5.74, 6) is 1.37. The highest BCUT2D eigenvalue weighted by atomic mass is 16.1. The van der Waals surface area contributed by atoms with Crippen LogP contribution in [0.4, 0.5) is 0 Å². The van der Waals surface area contributed by atoms with Crippen LogP contribution in [-0.4, -0.2) is 40.0 Å². The average molecular weight is 301 g/mol. The van der Waals surface area contributed by atoms with Gasteiger partial charge in [-0.1, -0.05) is 19.1 Å². The lowest BCUT2D eigenvalue weighted by Crippen LogP contribution is -2.42.